The molecule has 3 aromatic rings. The number of benzene rings is 1. The second-order valence-electron chi connectivity index (χ2n) is 8.69. The molecule has 2 fully saturated rings. The van der Waals surface area contributed by atoms with Crippen LogP contribution in [0.4, 0.5) is 0 Å². The smallest absolute Gasteiger partial charge is 0.252 e. The minimum atomic E-state index is -0.0862. The standard InChI is InChI=1S/C25H28N4O2S/c30-23(20-7-4-12-26-15-20)27-16-21-8-9-25(31-21)10-13-29(14-11-25)18-22-17-28-24(32-22)19-5-2-1-3-6-19/h1-7,12,15,17,21H,8-11,13-14,16,18H2,(H,27,30)/t21-/m1/s1. The van der Waals surface area contributed by atoms with Gasteiger partial charge in [0.15, 0.2) is 0 Å². The summed E-state index contributed by atoms with van der Waals surface area (Å²) in [6.45, 7) is 3.58. The van der Waals surface area contributed by atoms with Gasteiger partial charge in [0.1, 0.15) is 5.01 Å². The van der Waals surface area contributed by atoms with Crippen LogP contribution in [0, 0.1) is 0 Å². The molecule has 5 rings (SSSR count). The molecule has 2 saturated heterocycles. The fourth-order valence-corrected chi connectivity index (χ4v) is 5.61. The quantitative estimate of drug-likeness (QED) is 0.614. The highest BCUT2D eigenvalue weighted by Crippen LogP contribution is 2.39. The number of likely N-dealkylation sites (tertiary alicyclic amines) is 1. The predicted octanol–water partition coefficient (Wildman–Crippen LogP) is 4.15. The van der Waals surface area contributed by atoms with Crippen LogP contribution >= 0.6 is 11.3 Å². The van der Waals surface area contributed by atoms with Crippen molar-refractivity contribution < 1.29 is 9.53 Å². The molecule has 0 radical (unpaired) electrons. The molecule has 1 N–H and O–H groups in total. The summed E-state index contributed by atoms with van der Waals surface area (Å²) in [7, 11) is 0. The van der Waals surface area contributed by atoms with Crippen molar-refractivity contribution in [3.63, 3.8) is 0 Å². The third kappa shape index (κ3) is 4.90. The minimum Gasteiger partial charge on any atom is -0.370 e. The molecule has 2 aliphatic heterocycles. The lowest BCUT2D eigenvalue weighted by atomic mass is 9.88. The molecule has 1 spiro atoms. The van der Waals surface area contributed by atoms with Crippen molar-refractivity contribution in [3.8, 4) is 10.6 Å². The maximum Gasteiger partial charge on any atom is 0.252 e. The van der Waals surface area contributed by atoms with E-state index in [9.17, 15) is 4.79 Å². The van der Waals surface area contributed by atoms with Gasteiger partial charge in [0.05, 0.1) is 17.3 Å². The maximum atomic E-state index is 12.3. The first-order chi connectivity index (χ1) is 15.7. The third-order valence-corrected chi connectivity index (χ3v) is 7.50. The van der Waals surface area contributed by atoms with Gasteiger partial charge in [-0.1, -0.05) is 30.3 Å². The lowest BCUT2D eigenvalue weighted by Crippen LogP contribution is -2.44. The Bertz CT molecular complexity index is 1030. The van der Waals surface area contributed by atoms with Gasteiger partial charge in [-0.05, 0) is 37.8 Å². The van der Waals surface area contributed by atoms with Crippen LogP contribution in [0.1, 0.15) is 40.9 Å². The fourth-order valence-electron chi connectivity index (χ4n) is 4.65. The molecular formula is C25H28N4O2S. The van der Waals surface area contributed by atoms with Crippen molar-refractivity contribution in [1.82, 2.24) is 20.2 Å². The Morgan fingerprint density at radius 2 is 1.97 bits per heavy atom. The number of nitrogens with one attached hydrogen (secondary N) is 1. The Balaban J connectivity index is 1.09. The largest absolute Gasteiger partial charge is 0.370 e. The van der Waals surface area contributed by atoms with Crippen LogP contribution in [-0.4, -0.2) is 52.1 Å². The van der Waals surface area contributed by atoms with Gasteiger partial charge >= 0.3 is 0 Å². The number of nitrogens with zero attached hydrogens (tertiary/aromatic N) is 3. The first kappa shape index (κ1) is 21.2. The molecule has 166 valence electrons. The monoisotopic (exact) mass is 448 g/mol. The van der Waals surface area contributed by atoms with Gasteiger partial charge < -0.3 is 10.1 Å². The summed E-state index contributed by atoms with van der Waals surface area (Å²) in [5, 5.41) is 4.09. The SMILES string of the molecule is O=C(NC[C@H]1CCC2(CCN(Cc3cnc(-c4ccccc4)s3)CC2)O1)c1cccnc1. The summed E-state index contributed by atoms with van der Waals surface area (Å²) < 4.78 is 6.47. The summed E-state index contributed by atoms with van der Waals surface area (Å²) in [6, 6.07) is 13.9. The summed E-state index contributed by atoms with van der Waals surface area (Å²) in [5.74, 6) is -0.0862. The van der Waals surface area contributed by atoms with Crippen LogP contribution in [-0.2, 0) is 11.3 Å². The Hall–Kier alpha value is -2.61. The number of hydrogen-bond acceptors (Lipinski definition) is 6. The highest BCUT2D eigenvalue weighted by Gasteiger charge is 2.42. The summed E-state index contributed by atoms with van der Waals surface area (Å²) >= 11 is 1.78. The van der Waals surface area contributed by atoms with Crippen molar-refractivity contribution in [1.29, 1.82) is 0 Å². The zero-order valence-corrected chi connectivity index (χ0v) is 18.9. The zero-order valence-electron chi connectivity index (χ0n) is 18.1. The number of piperidine rings is 1. The van der Waals surface area contributed by atoms with E-state index in [1.807, 2.05) is 12.3 Å². The van der Waals surface area contributed by atoms with Crippen molar-refractivity contribution in [2.45, 2.75) is 43.9 Å². The van der Waals surface area contributed by atoms with Gasteiger partial charge in [-0.3, -0.25) is 14.7 Å². The molecule has 1 aromatic carbocycles. The number of ether oxygens (including phenoxy) is 1. The number of carbonyl (C=O) groups excluding carboxylic acids is 1. The second kappa shape index (κ2) is 9.48. The molecule has 1 amide bonds. The maximum absolute atomic E-state index is 12.3. The van der Waals surface area contributed by atoms with Crippen LogP contribution < -0.4 is 5.32 Å². The third-order valence-electron chi connectivity index (χ3n) is 6.47. The highest BCUT2D eigenvalue weighted by molar-refractivity contribution is 7.15. The normalized spacial score (nSPS) is 20.4. The van der Waals surface area contributed by atoms with Gasteiger partial charge in [-0.15, -0.1) is 11.3 Å². The predicted molar refractivity (Wildman–Crippen MR) is 125 cm³/mol. The molecule has 2 aliphatic rings. The van der Waals surface area contributed by atoms with Gasteiger partial charge in [0, 0.05) is 55.2 Å². The molecule has 1 atom stereocenters. The second-order valence-corrected chi connectivity index (χ2v) is 9.80. The molecule has 6 nitrogen and oxygen atoms in total. The van der Waals surface area contributed by atoms with Crippen LogP contribution in [0.3, 0.4) is 0 Å². The summed E-state index contributed by atoms with van der Waals surface area (Å²) in [6.07, 6.45) is 9.55. The minimum absolute atomic E-state index is 0.0247. The molecule has 4 heterocycles. The van der Waals surface area contributed by atoms with E-state index >= 15 is 0 Å². The number of aromatic nitrogens is 2. The van der Waals surface area contributed by atoms with Crippen LogP contribution in [0.15, 0.2) is 61.1 Å². The van der Waals surface area contributed by atoms with E-state index < -0.39 is 0 Å². The molecular weight excluding hydrogens is 420 g/mol. The first-order valence-electron chi connectivity index (χ1n) is 11.3. The number of amides is 1. The summed E-state index contributed by atoms with van der Waals surface area (Å²) in [5.41, 5.74) is 1.75. The van der Waals surface area contributed by atoms with Crippen molar-refractivity contribution in [2.24, 2.45) is 0 Å². The molecule has 2 aromatic heterocycles. The highest BCUT2D eigenvalue weighted by atomic mass is 32.1. The fraction of sp³-hybridized carbons (Fsp3) is 0.400. The molecule has 0 bridgehead atoms. The molecule has 0 aliphatic carbocycles. The number of hydrogen-bond donors (Lipinski definition) is 1. The topological polar surface area (TPSA) is 67.4 Å². The van der Waals surface area contributed by atoms with E-state index in [-0.39, 0.29) is 17.6 Å². The Morgan fingerprint density at radius 1 is 1.12 bits per heavy atom. The molecule has 7 heteroatoms. The average Bonchev–Trinajstić information content (AvgIpc) is 3.48. The van der Waals surface area contributed by atoms with Crippen molar-refractivity contribution in [3.05, 3.63) is 71.5 Å². The van der Waals surface area contributed by atoms with Crippen LogP contribution in [0.25, 0.3) is 10.6 Å². The van der Waals surface area contributed by atoms with Gasteiger partial charge in [-0.25, -0.2) is 4.98 Å². The summed E-state index contributed by atoms with van der Waals surface area (Å²) in [4.78, 5) is 24.7. The van der Waals surface area contributed by atoms with E-state index in [4.69, 9.17) is 4.74 Å². The van der Waals surface area contributed by atoms with Gasteiger partial charge in [-0.2, -0.15) is 0 Å². The zero-order chi connectivity index (χ0) is 21.8. The van der Waals surface area contributed by atoms with Crippen molar-refractivity contribution >= 4 is 17.2 Å². The van der Waals surface area contributed by atoms with Crippen molar-refractivity contribution in [2.75, 3.05) is 19.6 Å². The van der Waals surface area contributed by atoms with E-state index in [1.54, 1.807) is 35.9 Å². The molecule has 0 saturated carbocycles. The lowest BCUT2D eigenvalue weighted by Gasteiger charge is -2.39. The number of pyridine rings is 1. The van der Waals surface area contributed by atoms with E-state index in [1.165, 1.54) is 10.4 Å². The first-order valence-corrected chi connectivity index (χ1v) is 12.1. The van der Waals surface area contributed by atoms with Gasteiger partial charge in [0.2, 0.25) is 0 Å². The number of rotatable bonds is 6. The van der Waals surface area contributed by atoms with E-state index in [0.717, 1.165) is 50.3 Å². The molecule has 0 unspecified atom stereocenters. The number of carbonyl (C=O) groups is 1. The van der Waals surface area contributed by atoms with E-state index in [2.05, 4.69) is 44.5 Å². The molecule has 32 heavy (non-hydrogen) atoms. The van der Waals surface area contributed by atoms with Crippen LogP contribution in [0.2, 0.25) is 0 Å². The Labute approximate surface area is 192 Å². The Morgan fingerprint density at radius 3 is 2.75 bits per heavy atom. The average molecular weight is 449 g/mol. The number of thiazole rings is 1. The Kier molecular flexibility index (Phi) is 6.30. The van der Waals surface area contributed by atoms with Crippen LogP contribution in [0.5, 0.6) is 0 Å². The van der Waals surface area contributed by atoms with Gasteiger partial charge in [0.25, 0.3) is 5.91 Å². The van der Waals surface area contributed by atoms with E-state index in [0.29, 0.717) is 12.1 Å². The lowest BCUT2D eigenvalue weighted by molar-refractivity contribution is -0.0763.